The molecule has 6 heteroatoms. The van der Waals surface area contributed by atoms with E-state index in [0.29, 0.717) is 12.1 Å². The zero-order chi connectivity index (χ0) is 14.3. The number of amidine groups is 1. The van der Waals surface area contributed by atoms with Gasteiger partial charge in [0.05, 0.1) is 10.6 Å². The van der Waals surface area contributed by atoms with Crippen molar-refractivity contribution in [3.8, 4) is 0 Å². The molecule has 4 nitrogen and oxygen atoms in total. The van der Waals surface area contributed by atoms with E-state index in [2.05, 4.69) is 0 Å². The summed E-state index contributed by atoms with van der Waals surface area (Å²) in [6.45, 7) is 1.91. The van der Waals surface area contributed by atoms with E-state index < -0.39 is 10.0 Å². The lowest BCUT2D eigenvalue weighted by atomic mass is 10.2. The van der Waals surface area contributed by atoms with Gasteiger partial charge in [0, 0.05) is 6.42 Å². The number of hydrogen-bond acceptors (Lipinski definition) is 3. The molecule has 1 aliphatic heterocycles. The zero-order valence-electron chi connectivity index (χ0n) is 11.4. The van der Waals surface area contributed by atoms with Crippen molar-refractivity contribution in [2.75, 3.05) is 4.31 Å². The maximum atomic E-state index is 12.7. The van der Waals surface area contributed by atoms with Crippen LogP contribution in [0.15, 0.2) is 53.4 Å². The van der Waals surface area contributed by atoms with E-state index in [1.807, 2.05) is 19.1 Å². The number of para-hydroxylation sites is 1. The van der Waals surface area contributed by atoms with Crippen LogP contribution in [-0.4, -0.2) is 14.3 Å². The van der Waals surface area contributed by atoms with Gasteiger partial charge in [-0.25, -0.2) is 12.7 Å². The third kappa shape index (κ3) is 2.54. The first kappa shape index (κ1) is 15.5. The van der Waals surface area contributed by atoms with Gasteiger partial charge in [0.25, 0.3) is 10.0 Å². The van der Waals surface area contributed by atoms with Gasteiger partial charge < -0.3 is 0 Å². The monoisotopic (exact) mass is 322 g/mol. The van der Waals surface area contributed by atoms with Crippen molar-refractivity contribution < 1.29 is 8.42 Å². The standard InChI is InChI=1S/C15H14N2O2S.ClH/c1-11-6-8-13(9-7-11)20(18,19)17-14-5-3-2-4-12(14)10-15(17)16;/h2-9,16H,10H2,1H3;1H. The van der Waals surface area contributed by atoms with Crippen molar-refractivity contribution in [1.82, 2.24) is 0 Å². The first-order valence-corrected chi connectivity index (χ1v) is 7.71. The van der Waals surface area contributed by atoms with E-state index in [-0.39, 0.29) is 23.1 Å². The number of anilines is 1. The summed E-state index contributed by atoms with van der Waals surface area (Å²) in [5, 5.41) is 7.99. The minimum Gasteiger partial charge on any atom is -0.287 e. The Morgan fingerprint density at radius 1 is 1.05 bits per heavy atom. The second-order valence-corrected chi connectivity index (χ2v) is 6.62. The molecule has 3 rings (SSSR count). The second-order valence-electron chi connectivity index (χ2n) is 4.83. The van der Waals surface area contributed by atoms with Gasteiger partial charge in [-0.1, -0.05) is 35.9 Å². The van der Waals surface area contributed by atoms with Crippen molar-refractivity contribution >= 4 is 34.0 Å². The first-order valence-electron chi connectivity index (χ1n) is 6.27. The molecule has 0 bridgehead atoms. The Balaban J connectivity index is 0.00000161. The molecule has 0 fully saturated rings. The average molecular weight is 323 g/mol. The number of fused-ring (bicyclic) bond motifs is 1. The Bertz CT molecular complexity index is 786. The topological polar surface area (TPSA) is 61.2 Å². The van der Waals surface area contributed by atoms with Gasteiger partial charge in [0.15, 0.2) is 0 Å². The Morgan fingerprint density at radius 3 is 2.33 bits per heavy atom. The lowest BCUT2D eigenvalue weighted by Crippen LogP contribution is -2.33. The molecule has 0 radical (unpaired) electrons. The fourth-order valence-electron chi connectivity index (χ4n) is 2.35. The van der Waals surface area contributed by atoms with Gasteiger partial charge in [-0.15, -0.1) is 12.4 Å². The molecule has 0 aromatic heterocycles. The fraction of sp³-hybridized carbons (Fsp3) is 0.133. The van der Waals surface area contributed by atoms with E-state index in [0.717, 1.165) is 15.4 Å². The molecule has 0 saturated heterocycles. The van der Waals surface area contributed by atoms with Crippen LogP contribution in [0.5, 0.6) is 0 Å². The molecule has 0 spiro atoms. The first-order chi connectivity index (χ1) is 9.50. The molecule has 2 aromatic carbocycles. The predicted molar refractivity (Wildman–Crippen MR) is 86.0 cm³/mol. The van der Waals surface area contributed by atoms with Crippen molar-refractivity contribution in [2.45, 2.75) is 18.2 Å². The third-order valence-electron chi connectivity index (χ3n) is 3.37. The highest BCUT2D eigenvalue weighted by Crippen LogP contribution is 2.33. The lowest BCUT2D eigenvalue weighted by molar-refractivity contribution is 0.597. The number of nitrogens with zero attached hydrogens (tertiary/aromatic N) is 1. The van der Waals surface area contributed by atoms with Crippen LogP contribution in [-0.2, 0) is 16.4 Å². The summed E-state index contributed by atoms with van der Waals surface area (Å²) in [7, 11) is -3.71. The van der Waals surface area contributed by atoms with Gasteiger partial charge in [0.1, 0.15) is 5.84 Å². The van der Waals surface area contributed by atoms with Crippen molar-refractivity contribution in [2.24, 2.45) is 0 Å². The number of sulfonamides is 1. The molecular weight excluding hydrogens is 308 g/mol. The summed E-state index contributed by atoms with van der Waals surface area (Å²) in [5.41, 5.74) is 2.45. The fourth-order valence-corrected chi connectivity index (χ4v) is 3.83. The van der Waals surface area contributed by atoms with Gasteiger partial charge in [0.2, 0.25) is 0 Å². The van der Waals surface area contributed by atoms with E-state index in [9.17, 15) is 8.42 Å². The summed E-state index contributed by atoms with van der Waals surface area (Å²) >= 11 is 0. The van der Waals surface area contributed by atoms with Crippen molar-refractivity contribution in [1.29, 1.82) is 5.41 Å². The number of halogens is 1. The molecule has 1 heterocycles. The van der Waals surface area contributed by atoms with Gasteiger partial charge in [-0.3, -0.25) is 5.41 Å². The normalized spacial score (nSPS) is 13.8. The molecule has 1 aliphatic rings. The summed E-state index contributed by atoms with van der Waals surface area (Å²) in [5.74, 6) is 0.0896. The highest BCUT2D eigenvalue weighted by atomic mass is 35.5. The number of rotatable bonds is 2. The lowest BCUT2D eigenvalue weighted by Gasteiger charge is -2.19. The van der Waals surface area contributed by atoms with Gasteiger partial charge in [-0.05, 0) is 30.7 Å². The van der Waals surface area contributed by atoms with Crippen LogP contribution in [0.4, 0.5) is 5.69 Å². The summed E-state index contributed by atoms with van der Waals surface area (Å²) < 4.78 is 26.5. The second kappa shape index (κ2) is 5.50. The molecule has 0 amide bonds. The average Bonchev–Trinajstić information content (AvgIpc) is 2.75. The van der Waals surface area contributed by atoms with Crippen LogP contribution in [0.25, 0.3) is 0 Å². The maximum absolute atomic E-state index is 12.7. The minimum absolute atomic E-state index is 0. The van der Waals surface area contributed by atoms with Crippen LogP contribution in [0.1, 0.15) is 11.1 Å². The van der Waals surface area contributed by atoms with Crippen LogP contribution in [0, 0.1) is 12.3 Å². The number of benzene rings is 2. The van der Waals surface area contributed by atoms with Crippen LogP contribution in [0.2, 0.25) is 0 Å². The molecule has 0 aliphatic carbocycles. The third-order valence-corrected chi connectivity index (χ3v) is 5.14. The Kier molecular flexibility index (Phi) is 4.07. The molecule has 110 valence electrons. The van der Waals surface area contributed by atoms with Gasteiger partial charge in [-0.2, -0.15) is 0 Å². The summed E-state index contributed by atoms with van der Waals surface area (Å²) in [4.78, 5) is 0.213. The Labute approximate surface area is 130 Å². The van der Waals surface area contributed by atoms with Crippen molar-refractivity contribution in [3.63, 3.8) is 0 Å². The van der Waals surface area contributed by atoms with E-state index >= 15 is 0 Å². The highest BCUT2D eigenvalue weighted by molar-refractivity contribution is 7.93. The van der Waals surface area contributed by atoms with Crippen LogP contribution in [0.3, 0.4) is 0 Å². The van der Waals surface area contributed by atoms with Crippen LogP contribution >= 0.6 is 12.4 Å². The minimum atomic E-state index is -3.71. The summed E-state index contributed by atoms with van der Waals surface area (Å²) in [6, 6.07) is 13.9. The SMILES string of the molecule is Cc1ccc(S(=O)(=O)N2C(=N)Cc3ccccc32)cc1.Cl. The molecule has 0 atom stereocenters. The molecule has 21 heavy (non-hydrogen) atoms. The molecule has 1 N–H and O–H groups in total. The highest BCUT2D eigenvalue weighted by Gasteiger charge is 2.34. The maximum Gasteiger partial charge on any atom is 0.269 e. The predicted octanol–water partition coefficient (Wildman–Crippen LogP) is 3.15. The Morgan fingerprint density at radius 2 is 1.67 bits per heavy atom. The number of hydrogen-bond donors (Lipinski definition) is 1. The van der Waals surface area contributed by atoms with Gasteiger partial charge >= 0.3 is 0 Å². The molecular formula is C15H15ClN2O2S. The van der Waals surface area contributed by atoms with E-state index in [1.165, 1.54) is 0 Å². The molecule has 0 saturated carbocycles. The van der Waals surface area contributed by atoms with E-state index in [4.69, 9.17) is 5.41 Å². The Hall–Kier alpha value is -1.85. The molecule has 2 aromatic rings. The van der Waals surface area contributed by atoms with E-state index in [1.54, 1.807) is 36.4 Å². The quantitative estimate of drug-likeness (QED) is 0.923. The summed E-state index contributed by atoms with van der Waals surface area (Å²) in [6.07, 6.45) is 0.348. The van der Waals surface area contributed by atoms with Crippen molar-refractivity contribution in [3.05, 3.63) is 59.7 Å². The number of nitrogens with one attached hydrogen (secondary N) is 1. The molecule has 0 unspecified atom stereocenters. The largest absolute Gasteiger partial charge is 0.287 e. The zero-order valence-corrected chi connectivity index (χ0v) is 13.0. The number of aryl methyl sites for hydroxylation is 1. The smallest absolute Gasteiger partial charge is 0.269 e. The van der Waals surface area contributed by atoms with Crippen LogP contribution < -0.4 is 4.31 Å².